The Kier molecular flexibility index (Phi) is 9.25. The third-order valence-electron chi connectivity index (χ3n) is 9.14. The number of aromatic nitrogens is 5. The van der Waals surface area contributed by atoms with Crippen molar-refractivity contribution in [3.63, 3.8) is 0 Å². The highest BCUT2D eigenvalue weighted by molar-refractivity contribution is 5.77. The summed E-state index contributed by atoms with van der Waals surface area (Å²) in [4.78, 5) is 9.97. The molecule has 0 aliphatic carbocycles. The minimum absolute atomic E-state index is 0. The van der Waals surface area contributed by atoms with Crippen LogP contribution in [-0.4, -0.2) is 43.6 Å². The Bertz CT molecular complexity index is 2050. The van der Waals surface area contributed by atoms with E-state index in [9.17, 15) is 0 Å². The highest BCUT2D eigenvalue weighted by Gasteiger charge is 2.23. The van der Waals surface area contributed by atoms with E-state index in [0.717, 1.165) is 88.7 Å². The van der Waals surface area contributed by atoms with E-state index in [-0.39, 0.29) is 7.53 Å². The Balaban J connectivity index is 0.00000136. The van der Waals surface area contributed by atoms with Crippen molar-refractivity contribution in [2.45, 2.75) is 65.7 Å². The number of fused-ring (bicyclic) bond motifs is 7. The van der Waals surface area contributed by atoms with E-state index in [1.165, 1.54) is 11.1 Å². The number of aryl methyl sites for hydroxylation is 3. The van der Waals surface area contributed by atoms with Crippen molar-refractivity contribution in [2.75, 3.05) is 13.2 Å². The summed E-state index contributed by atoms with van der Waals surface area (Å²) in [6, 6.07) is 27.4. The molecule has 0 N–H and O–H groups in total. The van der Waals surface area contributed by atoms with Crippen molar-refractivity contribution in [1.82, 2.24) is 24.3 Å². The number of rotatable bonds is 5. The molecule has 1 unspecified atom stereocenters. The van der Waals surface area contributed by atoms with Gasteiger partial charge in [0.05, 0.1) is 41.7 Å². The zero-order valence-corrected chi connectivity index (χ0v) is 28.3. The van der Waals surface area contributed by atoms with Crippen LogP contribution in [0.4, 0.5) is 0 Å². The number of benzene rings is 3. The highest BCUT2D eigenvalue weighted by atomic mass is 16.5. The second-order valence-corrected chi connectivity index (χ2v) is 12.3. The summed E-state index contributed by atoms with van der Waals surface area (Å²) in [5.41, 5.74) is 11.0. The van der Waals surface area contributed by atoms with E-state index in [4.69, 9.17) is 24.2 Å². The van der Waals surface area contributed by atoms with E-state index >= 15 is 0 Å². The molecule has 1 saturated heterocycles. The Morgan fingerprint density at radius 3 is 2.56 bits per heavy atom. The second-order valence-electron chi connectivity index (χ2n) is 12.3. The van der Waals surface area contributed by atoms with Gasteiger partial charge >= 0.3 is 0 Å². The molecule has 8 rings (SSSR count). The molecule has 1 fully saturated rings. The van der Waals surface area contributed by atoms with Crippen LogP contribution in [0.5, 0.6) is 11.6 Å². The average molecular weight is 644 g/mol. The lowest BCUT2D eigenvalue weighted by Gasteiger charge is -2.27. The summed E-state index contributed by atoms with van der Waals surface area (Å²) in [7, 11) is 1.97. The smallest absolute Gasteiger partial charge is 0.214 e. The molecule has 0 radical (unpaired) electrons. The fourth-order valence-corrected chi connectivity index (χ4v) is 6.49. The quantitative estimate of drug-likeness (QED) is 0.188. The predicted octanol–water partition coefficient (Wildman–Crippen LogP) is 8.36. The Morgan fingerprint density at radius 2 is 1.75 bits per heavy atom. The minimum atomic E-state index is 0. The number of nitrogens with zero attached hydrogens (tertiary/aromatic N) is 5. The molecule has 0 saturated carbocycles. The van der Waals surface area contributed by atoms with Crippen molar-refractivity contribution >= 4 is 11.0 Å². The SMILES string of the molecule is CC.Cc1ccc2nc(Cc3ccc4cc3OCCCc3cc(-c5ccnn5C)ccc3COc3cccc-4n3)n(CC3CCO3)c2c1.[HH]. The van der Waals surface area contributed by atoms with Crippen molar-refractivity contribution in [2.24, 2.45) is 7.05 Å². The van der Waals surface area contributed by atoms with Crippen LogP contribution in [0, 0.1) is 6.92 Å². The molecule has 1 atom stereocenters. The lowest BCUT2D eigenvalue weighted by Crippen LogP contribution is -2.31. The predicted molar refractivity (Wildman–Crippen MR) is 192 cm³/mol. The van der Waals surface area contributed by atoms with Gasteiger partial charge in [0, 0.05) is 50.5 Å². The molecular weight excluding hydrogens is 598 g/mol. The lowest BCUT2D eigenvalue weighted by molar-refractivity contribution is -0.0589. The topological polar surface area (TPSA) is 76.2 Å². The van der Waals surface area contributed by atoms with E-state index in [2.05, 4.69) is 71.2 Å². The third-order valence-corrected chi connectivity index (χ3v) is 9.14. The van der Waals surface area contributed by atoms with Crippen LogP contribution in [0.15, 0.2) is 85.1 Å². The summed E-state index contributed by atoms with van der Waals surface area (Å²) < 4.78 is 23.0. The van der Waals surface area contributed by atoms with Crippen molar-refractivity contribution in [3.8, 4) is 34.1 Å². The van der Waals surface area contributed by atoms with Crippen LogP contribution in [0.1, 0.15) is 56.2 Å². The van der Waals surface area contributed by atoms with Gasteiger partial charge in [-0.2, -0.15) is 5.10 Å². The van der Waals surface area contributed by atoms with Crippen molar-refractivity contribution in [1.29, 1.82) is 0 Å². The summed E-state index contributed by atoms with van der Waals surface area (Å²) in [5.74, 6) is 2.49. The monoisotopic (exact) mass is 643 g/mol. The van der Waals surface area contributed by atoms with Gasteiger partial charge in [0.2, 0.25) is 5.88 Å². The summed E-state index contributed by atoms with van der Waals surface area (Å²) in [6.45, 7) is 8.81. The average Bonchev–Trinajstić information content (AvgIpc) is 3.67. The first-order chi connectivity index (χ1) is 23.6. The Morgan fingerprint density at radius 1 is 0.875 bits per heavy atom. The standard InChI is InChI=1S/C38H37N5O3.C2H6.H2/c1-25-8-13-33-35(19-25)43(23-31-15-18-44-31)37(40-33)22-29-11-9-27-21-36(29)45-17-4-5-26-20-28(34-14-16-39-42(34)2)10-12-30(26)24-46-38-7-3-6-32(27)41-38;1-2;/h3,6-14,16,19-21,31H,4-5,15,17-18,22-24H2,1-2H3;1-2H3;1H. The molecule has 3 aromatic carbocycles. The van der Waals surface area contributed by atoms with E-state index in [1.54, 1.807) is 0 Å². The Hall–Kier alpha value is -4.95. The third kappa shape index (κ3) is 6.58. The molecule has 248 valence electrons. The molecule has 3 aromatic heterocycles. The maximum absolute atomic E-state index is 6.61. The number of imidazole rings is 1. The van der Waals surface area contributed by atoms with Gasteiger partial charge in [-0.05, 0) is 79.3 Å². The first kappa shape index (κ1) is 31.6. The Labute approximate surface area is 283 Å². The molecule has 6 aromatic rings. The molecule has 4 bridgehead atoms. The molecule has 8 nitrogen and oxygen atoms in total. The van der Waals surface area contributed by atoms with Crippen LogP contribution in [0.2, 0.25) is 0 Å². The fraction of sp³-hybridized carbons (Fsp3) is 0.325. The van der Waals surface area contributed by atoms with Gasteiger partial charge in [-0.25, -0.2) is 9.97 Å². The van der Waals surface area contributed by atoms with Crippen LogP contribution >= 0.6 is 0 Å². The van der Waals surface area contributed by atoms with E-state index in [1.807, 2.05) is 56.0 Å². The molecule has 2 aliphatic heterocycles. The number of hydrogen-bond acceptors (Lipinski definition) is 6. The summed E-state index contributed by atoms with van der Waals surface area (Å²) in [6.07, 6.45) is 5.53. The zero-order valence-electron chi connectivity index (χ0n) is 28.3. The lowest BCUT2D eigenvalue weighted by atomic mass is 9.99. The first-order valence-electron chi connectivity index (χ1n) is 17.1. The molecular formula is C40H45N5O3. The maximum Gasteiger partial charge on any atom is 0.214 e. The van der Waals surface area contributed by atoms with Gasteiger partial charge in [-0.15, -0.1) is 0 Å². The van der Waals surface area contributed by atoms with Crippen molar-refractivity contribution in [3.05, 3.63) is 113 Å². The number of pyridine rings is 1. The van der Waals surface area contributed by atoms with Crippen LogP contribution in [0.25, 0.3) is 33.5 Å². The van der Waals surface area contributed by atoms with Crippen LogP contribution in [-0.2, 0) is 37.8 Å². The van der Waals surface area contributed by atoms with Gasteiger partial charge in [0.25, 0.3) is 0 Å². The molecule has 8 heteroatoms. The van der Waals surface area contributed by atoms with Gasteiger partial charge < -0.3 is 18.8 Å². The molecule has 0 amide bonds. The fourth-order valence-electron chi connectivity index (χ4n) is 6.49. The van der Waals surface area contributed by atoms with E-state index in [0.29, 0.717) is 25.5 Å². The summed E-state index contributed by atoms with van der Waals surface area (Å²) >= 11 is 0. The highest BCUT2D eigenvalue weighted by Crippen LogP contribution is 2.32. The molecule has 2 aliphatic rings. The van der Waals surface area contributed by atoms with Gasteiger partial charge in [-0.3, -0.25) is 4.68 Å². The van der Waals surface area contributed by atoms with E-state index < -0.39 is 0 Å². The van der Waals surface area contributed by atoms with Crippen molar-refractivity contribution < 1.29 is 15.6 Å². The minimum Gasteiger partial charge on any atom is -0.493 e. The number of ether oxygens (including phenoxy) is 3. The molecule has 48 heavy (non-hydrogen) atoms. The second kappa shape index (κ2) is 14.0. The first-order valence-corrected chi connectivity index (χ1v) is 17.1. The van der Waals surface area contributed by atoms with Crippen LogP contribution < -0.4 is 9.47 Å². The van der Waals surface area contributed by atoms with Gasteiger partial charge in [0.15, 0.2) is 0 Å². The van der Waals surface area contributed by atoms with Crippen LogP contribution in [0.3, 0.4) is 0 Å². The number of hydrogen-bond donors (Lipinski definition) is 0. The maximum atomic E-state index is 6.61. The molecule has 5 heterocycles. The zero-order chi connectivity index (χ0) is 33.0. The molecule has 0 spiro atoms. The largest absolute Gasteiger partial charge is 0.493 e. The van der Waals surface area contributed by atoms with Gasteiger partial charge in [-0.1, -0.05) is 50.2 Å². The van der Waals surface area contributed by atoms with Gasteiger partial charge in [0.1, 0.15) is 18.2 Å². The summed E-state index contributed by atoms with van der Waals surface area (Å²) in [5, 5.41) is 4.37. The normalized spacial score (nSPS) is 15.6.